The zero-order valence-corrected chi connectivity index (χ0v) is 17.9. The number of ketones is 2. The average Bonchev–Trinajstić information content (AvgIpc) is 2.71. The molecule has 1 atom stereocenters. The van der Waals surface area contributed by atoms with Crippen LogP contribution in [0.2, 0.25) is 0 Å². The Morgan fingerprint density at radius 3 is 2.63 bits per heavy atom. The summed E-state index contributed by atoms with van der Waals surface area (Å²) in [5, 5.41) is 21.0. The SMILES string of the molecule is CC(C)=CCC12C/C=C(/C)COc3cccc(CO)c3C(O)=C(C(=O)C=C1C)C2=O. The Balaban J connectivity index is 2.36. The maximum absolute atomic E-state index is 13.8. The molecular weight excluding hydrogens is 380 g/mol. The largest absolute Gasteiger partial charge is 0.506 e. The summed E-state index contributed by atoms with van der Waals surface area (Å²) in [6, 6.07) is 5.00. The van der Waals surface area contributed by atoms with Crippen LogP contribution in [-0.2, 0) is 16.2 Å². The molecule has 1 heterocycles. The molecule has 0 fully saturated rings. The zero-order valence-electron chi connectivity index (χ0n) is 17.9. The summed E-state index contributed by atoms with van der Waals surface area (Å²) >= 11 is 0. The number of Topliss-reactive ketones (excluding diaryl/α,β-unsaturated/α-hetero) is 1. The average molecular weight is 408 g/mol. The molecule has 0 spiro atoms. The van der Waals surface area contributed by atoms with Gasteiger partial charge in [0.15, 0.2) is 11.6 Å². The lowest BCUT2D eigenvalue weighted by atomic mass is 9.65. The number of aliphatic hydroxyl groups is 2. The lowest BCUT2D eigenvalue weighted by Gasteiger charge is -2.35. The minimum absolute atomic E-state index is 0.190. The molecule has 5 heteroatoms. The molecule has 1 aromatic rings. The number of aliphatic hydroxyl groups excluding tert-OH is 2. The van der Waals surface area contributed by atoms with Crippen molar-refractivity contribution >= 4 is 17.3 Å². The van der Waals surface area contributed by atoms with Crippen LogP contribution in [0.3, 0.4) is 0 Å². The standard InChI is InChI=1S/C25H28O5/c1-15(2)8-10-25-11-9-16(3)14-30-20-7-5-6-18(13-26)21(20)23(28)22(24(25)29)19(27)12-17(25)4/h5-9,12,26,28H,10-11,13-14H2,1-4H3/b16-9-,23-22?. The monoisotopic (exact) mass is 408 g/mol. The fraction of sp³-hybridized carbons (Fsp3) is 0.360. The number of ether oxygens (including phenoxy) is 1. The summed E-state index contributed by atoms with van der Waals surface area (Å²) in [6.45, 7) is 7.56. The quantitative estimate of drug-likeness (QED) is 0.563. The number of benzene rings is 1. The van der Waals surface area contributed by atoms with Crippen LogP contribution >= 0.6 is 0 Å². The van der Waals surface area contributed by atoms with Gasteiger partial charge in [0.05, 0.1) is 17.6 Å². The van der Waals surface area contributed by atoms with Crippen molar-refractivity contribution in [3.05, 3.63) is 69.8 Å². The number of hydrogen-bond acceptors (Lipinski definition) is 5. The number of carbonyl (C=O) groups is 2. The van der Waals surface area contributed by atoms with Crippen LogP contribution in [0.25, 0.3) is 5.76 Å². The molecule has 0 radical (unpaired) electrons. The lowest BCUT2D eigenvalue weighted by Crippen LogP contribution is -2.39. The van der Waals surface area contributed by atoms with Gasteiger partial charge in [-0.2, -0.15) is 0 Å². The van der Waals surface area contributed by atoms with Crippen LogP contribution in [0, 0.1) is 5.41 Å². The molecule has 158 valence electrons. The molecule has 0 saturated carbocycles. The van der Waals surface area contributed by atoms with E-state index in [9.17, 15) is 19.8 Å². The molecule has 2 bridgehead atoms. The summed E-state index contributed by atoms with van der Waals surface area (Å²) in [4.78, 5) is 26.7. The van der Waals surface area contributed by atoms with Crippen molar-refractivity contribution in [2.45, 2.75) is 47.1 Å². The predicted octanol–water partition coefficient (Wildman–Crippen LogP) is 4.62. The molecule has 5 nitrogen and oxygen atoms in total. The number of allylic oxidation sites excluding steroid dienone is 6. The molecule has 0 aromatic heterocycles. The first-order valence-corrected chi connectivity index (χ1v) is 10.1. The highest BCUT2D eigenvalue weighted by atomic mass is 16.5. The van der Waals surface area contributed by atoms with Gasteiger partial charge in [-0.25, -0.2) is 0 Å². The van der Waals surface area contributed by atoms with Crippen LogP contribution in [0.5, 0.6) is 5.75 Å². The van der Waals surface area contributed by atoms with E-state index in [4.69, 9.17) is 4.74 Å². The molecule has 1 aliphatic heterocycles. The van der Waals surface area contributed by atoms with Gasteiger partial charge in [0.25, 0.3) is 0 Å². The molecule has 3 rings (SSSR count). The van der Waals surface area contributed by atoms with Gasteiger partial charge in [-0.15, -0.1) is 0 Å². The lowest BCUT2D eigenvalue weighted by molar-refractivity contribution is -0.126. The van der Waals surface area contributed by atoms with Gasteiger partial charge in [0.2, 0.25) is 0 Å². The number of fused-ring (bicyclic) bond motifs is 3. The molecule has 2 N–H and O–H groups in total. The Morgan fingerprint density at radius 1 is 1.23 bits per heavy atom. The Morgan fingerprint density at radius 2 is 1.97 bits per heavy atom. The molecule has 0 amide bonds. The molecule has 30 heavy (non-hydrogen) atoms. The van der Waals surface area contributed by atoms with Crippen molar-refractivity contribution < 1.29 is 24.5 Å². The third kappa shape index (κ3) is 3.77. The second kappa shape index (κ2) is 8.44. The van der Waals surface area contributed by atoms with Gasteiger partial charge in [0, 0.05) is 0 Å². The van der Waals surface area contributed by atoms with Crippen LogP contribution in [0.15, 0.2) is 58.7 Å². The zero-order chi connectivity index (χ0) is 22.1. The van der Waals surface area contributed by atoms with Crippen LogP contribution < -0.4 is 4.74 Å². The second-order valence-electron chi connectivity index (χ2n) is 8.30. The summed E-state index contributed by atoms with van der Waals surface area (Å²) in [5.74, 6) is -1.04. The van der Waals surface area contributed by atoms with E-state index in [1.54, 1.807) is 25.1 Å². The van der Waals surface area contributed by atoms with E-state index < -0.39 is 22.7 Å². The third-order valence-electron chi connectivity index (χ3n) is 5.88. The topological polar surface area (TPSA) is 83.8 Å². The Kier molecular flexibility index (Phi) is 6.13. The predicted molar refractivity (Wildman–Crippen MR) is 116 cm³/mol. The van der Waals surface area contributed by atoms with E-state index in [1.165, 1.54) is 6.08 Å². The Labute approximate surface area is 177 Å². The van der Waals surface area contributed by atoms with Gasteiger partial charge in [-0.05, 0) is 63.8 Å². The van der Waals surface area contributed by atoms with Gasteiger partial charge in [-0.3, -0.25) is 9.59 Å². The van der Waals surface area contributed by atoms with Gasteiger partial charge >= 0.3 is 0 Å². The van der Waals surface area contributed by atoms with E-state index >= 15 is 0 Å². The number of rotatable bonds is 3. The van der Waals surface area contributed by atoms with E-state index in [2.05, 4.69) is 0 Å². The molecule has 0 saturated heterocycles. The maximum Gasteiger partial charge on any atom is 0.193 e. The fourth-order valence-corrected chi connectivity index (χ4v) is 3.95. The molecular formula is C25H28O5. The summed E-state index contributed by atoms with van der Waals surface area (Å²) < 4.78 is 5.90. The Hall–Kier alpha value is -2.92. The van der Waals surface area contributed by atoms with Gasteiger partial charge < -0.3 is 14.9 Å². The normalized spacial score (nSPS) is 23.5. The van der Waals surface area contributed by atoms with Crippen molar-refractivity contribution in [2.75, 3.05) is 6.61 Å². The second-order valence-corrected chi connectivity index (χ2v) is 8.30. The van der Waals surface area contributed by atoms with Crippen LogP contribution in [0.4, 0.5) is 0 Å². The number of hydrogen-bond donors (Lipinski definition) is 2. The summed E-state index contributed by atoms with van der Waals surface area (Å²) in [6.07, 6.45) is 6.25. The minimum atomic E-state index is -0.950. The van der Waals surface area contributed by atoms with E-state index in [-0.39, 0.29) is 24.4 Å². The van der Waals surface area contributed by atoms with Crippen LogP contribution in [0.1, 0.15) is 51.7 Å². The molecule has 1 aromatic carbocycles. The summed E-state index contributed by atoms with van der Waals surface area (Å²) in [5.41, 5.74) is 2.08. The molecule has 1 unspecified atom stereocenters. The van der Waals surface area contributed by atoms with E-state index in [1.807, 2.05) is 32.9 Å². The van der Waals surface area contributed by atoms with Gasteiger partial charge in [0.1, 0.15) is 23.7 Å². The maximum atomic E-state index is 13.8. The van der Waals surface area contributed by atoms with E-state index in [0.717, 1.165) is 11.1 Å². The first kappa shape index (κ1) is 21.8. The minimum Gasteiger partial charge on any atom is -0.506 e. The molecule has 1 aliphatic carbocycles. The highest BCUT2D eigenvalue weighted by molar-refractivity contribution is 6.32. The highest BCUT2D eigenvalue weighted by Crippen LogP contribution is 2.45. The highest BCUT2D eigenvalue weighted by Gasteiger charge is 2.46. The summed E-state index contributed by atoms with van der Waals surface area (Å²) in [7, 11) is 0. The van der Waals surface area contributed by atoms with E-state index in [0.29, 0.717) is 29.7 Å². The molecule has 2 aliphatic rings. The van der Waals surface area contributed by atoms with Crippen molar-refractivity contribution in [1.82, 2.24) is 0 Å². The van der Waals surface area contributed by atoms with Crippen LogP contribution in [-0.4, -0.2) is 28.4 Å². The van der Waals surface area contributed by atoms with Crippen molar-refractivity contribution in [3.63, 3.8) is 0 Å². The van der Waals surface area contributed by atoms with Crippen molar-refractivity contribution in [2.24, 2.45) is 5.41 Å². The first-order chi connectivity index (χ1) is 14.2. The Bertz CT molecular complexity index is 1020. The third-order valence-corrected chi connectivity index (χ3v) is 5.88. The van der Waals surface area contributed by atoms with Crippen molar-refractivity contribution in [3.8, 4) is 5.75 Å². The fourth-order valence-electron chi connectivity index (χ4n) is 3.95. The van der Waals surface area contributed by atoms with Crippen molar-refractivity contribution in [1.29, 1.82) is 0 Å². The smallest absolute Gasteiger partial charge is 0.193 e. The number of carbonyl (C=O) groups excluding carboxylic acids is 2. The van der Waals surface area contributed by atoms with Gasteiger partial charge in [-0.1, -0.05) is 35.4 Å². The first-order valence-electron chi connectivity index (χ1n) is 10.1.